The summed E-state index contributed by atoms with van der Waals surface area (Å²) in [6.45, 7) is 10.1. The van der Waals surface area contributed by atoms with Crippen molar-refractivity contribution in [3.63, 3.8) is 0 Å². The first-order chi connectivity index (χ1) is 10.8. The second kappa shape index (κ2) is 7.77. The van der Waals surface area contributed by atoms with Gasteiger partial charge in [0.15, 0.2) is 0 Å². The van der Waals surface area contributed by atoms with Crippen molar-refractivity contribution in [1.29, 1.82) is 0 Å². The summed E-state index contributed by atoms with van der Waals surface area (Å²) >= 11 is 0. The molecule has 0 aromatic carbocycles. The SMILES string of the molecule is Cc1nnc(CCCN2CCC[C@H]2CNC(=O)OC(C)(C)C)o1. The van der Waals surface area contributed by atoms with Gasteiger partial charge in [0.05, 0.1) is 0 Å². The lowest BCUT2D eigenvalue weighted by Crippen LogP contribution is -2.42. The molecule has 0 aliphatic carbocycles. The molecule has 0 saturated carbocycles. The van der Waals surface area contributed by atoms with Crippen molar-refractivity contribution in [2.24, 2.45) is 0 Å². The number of alkyl carbamates (subject to hydrolysis) is 1. The molecular weight excluding hydrogens is 296 g/mol. The minimum Gasteiger partial charge on any atom is -0.444 e. The Morgan fingerprint density at radius 1 is 1.43 bits per heavy atom. The number of aryl methyl sites for hydroxylation is 2. The fraction of sp³-hybridized carbons (Fsp3) is 0.812. The summed E-state index contributed by atoms with van der Waals surface area (Å²) in [6, 6.07) is 0.381. The van der Waals surface area contributed by atoms with E-state index in [-0.39, 0.29) is 6.09 Å². The monoisotopic (exact) mass is 324 g/mol. The Kier molecular flexibility index (Phi) is 5.98. The predicted octanol–water partition coefficient (Wildman–Crippen LogP) is 2.30. The van der Waals surface area contributed by atoms with Crippen LogP contribution in [0, 0.1) is 6.92 Å². The van der Waals surface area contributed by atoms with Crippen LogP contribution in [0.1, 0.15) is 51.8 Å². The molecule has 1 amide bonds. The van der Waals surface area contributed by atoms with Gasteiger partial charge in [-0.25, -0.2) is 4.79 Å². The number of nitrogens with zero attached hydrogens (tertiary/aromatic N) is 3. The van der Waals surface area contributed by atoms with Gasteiger partial charge >= 0.3 is 6.09 Å². The molecule has 0 bridgehead atoms. The molecule has 2 heterocycles. The van der Waals surface area contributed by atoms with Gasteiger partial charge in [0.2, 0.25) is 11.8 Å². The third kappa shape index (κ3) is 6.17. The Morgan fingerprint density at radius 3 is 2.87 bits per heavy atom. The van der Waals surface area contributed by atoms with Crippen molar-refractivity contribution >= 4 is 6.09 Å². The highest BCUT2D eigenvalue weighted by atomic mass is 16.6. The molecule has 7 heteroatoms. The maximum Gasteiger partial charge on any atom is 0.407 e. The van der Waals surface area contributed by atoms with Crippen LogP contribution in [0.25, 0.3) is 0 Å². The average Bonchev–Trinajstić information content (AvgIpc) is 3.04. The van der Waals surface area contributed by atoms with Gasteiger partial charge in [0.25, 0.3) is 0 Å². The Labute approximate surface area is 137 Å². The van der Waals surface area contributed by atoms with E-state index in [1.807, 2.05) is 20.8 Å². The van der Waals surface area contributed by atoms with E-state index < -0.39 is 5.60 Å². The molecule has 7 nitrogen and oxygen atoms in total. The summed E-state index contributed by atoms with van der Waals surface area (Å²) in [7, 11) is 0. The lowest BCUT2D eigenvalue weighted by molar-refractivity contribution is 0.0513. The minimum absolute atomic E-state index is 0.342. The zero-order valence-corrected chi connectivity index (χ0v) is 14.6. The Morgan fingerprint density at radius 2 is 2.22 bits per heavy atom. The summed E-state index contributed by atoms with van der Waals surface area (Å²) in [6.07, 6.45) is 3.70. The lowest BCUT2D eigenvalue weighted by Gasteiger charge is -2.25. The highest BCUT2D eigenvalue weighted by Crippen LogP contribution is 2.17. The fourth-order valence-corrected chi connectivity index (χ4v) is 2.81. The third-order valence-electron chi connectivity index (χ3n) is 3.78. The number of carbonyl (C=O) groups excluding carboxylic acids is 1. The van der Waals surface area contributed by atoms with Crippen molar-refractivity contribution in [3.8, 4) is 0 Å². The average molecular weight is 324 g/mol. The maximum absolute atomic E-state index is 11.7. The highest BCUT2D eigenvalue weighted by molar-refractivity contribution is 5.67. The van der Waals surface area contributed by atoms with Crippen molar-refractivity contribution in [3.05, 3.63) is 11.8 Å². The van der Waals surface area contributed by atoms with Crippen LogP contribution in [0.3, 0.4) is 0 Å². The van der Waals surface area contributed by atoms with Crippen LogP contribution in [0.15, 0.2) is 4.42 Å². The third-order valence-corrected chi connectivity index (χ3v) is 3.78. The maximum atomic E-state index is 11.7. The quantitative estimate of drug-likeness (QED) is 0.865. The second-order valence-electron chi connectivity index (χ2n) is 7.03. The van der Waals surface area contributed by atoms with Crippen LogP contribution in [-0.2, 0) is 11.2 Å². The van der Waals surface area contributed by atoms with Gasteiger partial charge in [-0.15, -0.1) is 10.2 Å². The molecule has 0 unspecified atom stereocenters. The molecule has 0 spiro atoms. The topological polar surface area (TPSA) is 80.5 Å². The van der Waals surface area contributed by atoms with Crippen LogP contribution < -0.4 is 5.32 Å². The summed E-state index contributed by atoms with van der Waals surface area (Å²) in [5, 5.41) is 10.7. The predicted molar refractivity (Wildman–Crippen MR) is 86.2 cm³/mol. The van der Waals surface area contributed by atoms with E-state index in [9.17, 15) is 4.79 Å². The molecule has 1 aliphatic heterocycles. The first-order valence-electron chi connectivity index (χ1n) is 8.33. The van der Waals surface area contributed by atoms with Crippen LogP contribution >= 0.6 is 0 Å². The van der Waals surface area contributed by atoms with Gasteiger partial charge in [0.1, 0.15) is 5.60 Å². The first-order valence-corrected chi connectivity index (χ1v) is 8.33. The molecule has 1 N–H and O–H groups in total. The van der Waals surface area contributed by atoms with E-state index in [1.165, 1.54) is 6.42 Å². The Hall–Kier alpha value is -1.63. The van der Waals surface area contributed by atoms with Gasteiger partial charge in [-0.3, -0.25) is 4.90 Å². The van der Waals surface area contributed by atoms with Crippen molar-refractivity contribution in [2.45, 2.75) is 65.0 Å². The molecule has 130 valence electrons. The molecule has 23 heavy (non-hydrogen) atoms. The molecule has 1 aliphatic rings. The number of nitrogens with one attached hydrogen (secondary N) is 1. The van der Waals surface area contributed by atoms with Crippen LogP contribution in [0.5, 0.6) is 0 Å². The minimum atomic E-state index is -0.457. The van der Waals surface area contributed by atoms with Gasteiger partial charge in [0, 0.05) is 25.9 Å². The molecule has 1 atom stereocenters. The van der Waals surface area contributed by atoms with Crippen molar-refractivity contribution in [2.75, 3.05) is 19.6 Å². The number of carbonyl (C=O) groups is 1. The summed E-state index contributed by atoms with van der Waals surface area (Å²) in [5.74, 6) is 1.31. The summed E-state index contributed by atoms with van der Waals surface area (Å²) in [4.78, 5) is 14.2. The number of amides is 1. The molecule has 1 aromatic rings. The highest BCUT2D eigenvalue weighted by Gasteiger charge is 2.25. The summed E-state index contributed by atoms with van der Waals surface area (Å²) in [5.41, 5.74) is -0.457. The number of hydrogen-bond donors (Lipinski definition) is 1. The number of rotatable bonds is 6. The van der Waals surface area contributed by atoms with Gasteiger partial charge in [-0.1, -0.05) is 0 Å². The van der Waals surface area contributed by atoms with Gasteiger partial charge < -0.3 is 14.5 Å². The lowest BCUT2D eigenvalue weighted by atomic mass is 10.2. The molecule has 1 saturated heterocycles. The fourth-order valence-electron chi connectivity index (χ4n) is 2.81. The second-order valence-corrected chi connectivity index (χ2v) is 7.03. The number of hydrogen-bond acceptors (Lipinski definition) is 6. The van der Waals surface area contributed by atoms with Crippen molar-refractivity contribution in [1.82, 2.24) is 20.4 Å². The standard InChI is InChI=1S/C16H28N4O3/c1-12-18-19-14(22-12)8-6-10-20-9-5-7-13(20)11-17-15(21)23-16(2,3)4/h13H,5-11H2,1-4H3,(H,17,21)/t13-/m0/s1. The van der Waals surface area contributed by atoms with Gasteiger partial charge in [-0.2, -0.15) is 0 Å². The normalized spacial score (nSPS) is 19.0. The molecule has 2 rings (SSSR count). The Balaban J connectivity index is 1.69. The molecule has 0 radical (unpaired) electrons. The molecule has 1 fully saturated rings. The van der Waals surface area contributed by atoms with Crippen molar-refractivity contribution < 1.29 is 13.9 Å². The van der Waals surface area contributed by atoms with Crippen LogP contribution in [0.2, 0.25) is 0 Å². The first kappa shape index (κ1) is 17.7. The molecular formula is C16H28N4O3. The van der Waals surface area contributed by atoms with E-state index in [1.54, 1.807) is 6.92 Å². The van der Waals surface area contributed by atoms with E-state index in [4.69, 9.17) is 9.15 Å². The number of likely N-dealkylation sites (tertiary alicyclic amines) is 1. The zero-order chi connectivity index (χ0) is 16.9. The van der Waals surface area contributed by atoms with Crippen LogP contribution in [0.4, 0.5) is 4.79 Å². The Bertz CT molecular complexity index is 510. The van der Waals surface area contributed by atoms with Gasteiger partial charge in [-0.05, 0) is 53.1 Å². The van der Waals surface area contributed by atoms with E-state index in [0.29, 0.717) is 24.4 Å². The molecule has 1 aromatic heterocycles. The van der Waals surface area contributed by atoms with E-state index in [2.05, 4.69) is 20.4 Å². The van der Waals surface area contributed by atoms with E-state index in [0.717, 1.165) is 32.4 Å². The smallest absolute Gasteiger partial charge is 0.407 e. The number of aromatic nitrogens is 2. The van der Waals surface area contributed by atoms with E-state index >= 15 is 0 Å². The largest absolute Gasteiger partial charge is 0.444 e. The summed E-state index contributed by atoms with van der Waals surface area (Å²) < 4.78 is 10.7. The van der Waals surface area contributed by atoms with Crippen LogP contribution in [-0.4, -0.2) is 52.5 Å². The zero-order valence-electron chi connectivity index (χ0n) is 14.6. The number of ether oxygens (including phenoxy) is 1.